The van der Waals surface area contributed by atoms with Crippen molar-refractivity contribution < 1.29 is 14.0 Å². The zero-order valence-corrected chi connectivity index (χ0v) is 20.2. The summed E-state index contributed by atoms with van der Waals surface area (Å²) in [5, 5.41) is 8.80. The molecule has 0 spiro atoms. The van der Waals surface area contributed by atoms with Crippen LogP contribution in [0.5, 0.6) is 0 Å². The number of carbonyl (C=O) groups is 2. The summed E-state index contributed by atoms with van der Waals surface area (Å²) in [6.07, 6.45) is 0.851. The highest BCUT2D eigenvalue weighted by Crippen LogP contribution is 2.29. The summed E-state index contributed by atoms with van der Waals surface area (Å²) in [7, 11) is 0. The van der Waals surface area contributed by atoms with Crippen molar-refractivity contribution in [3.63, 3.8) is 0 Å². The summed E-state index contributed by atoms with van der Waals surface area (Å²) >= 11 is 2.55. The lowest BCUT2D eigenvalue weighted by atomic mass is 10.2. The number of carbonyl (C=O) groups excluding carboxylic acids is 2. The van der Waals surface area contributed by atoms with Crippen LogP contribution >= 0.6 is 23.1 Å². The van der Waals surface area contributed by atoms with Gasteiger partial charge in [0, 0.05) is 10.6 Å². The lowest BCUT2D eigenvalue weighted by molar-refractivity contribution is -0.119. The van der Waals surface area contributed by atoms with E-state index in [0.29, 0.717) is 21.4 Å². The molecule has 2 aromatic carbocycles. The zero-order valence-electron chi connectivity index (χ0n) is 18.5. The lowest BCUT2D eigenvalue weighted by Gasteiger charge is -2.11. The predicted molar refractivity (Wildman–Crippen MR) is 132 cm³/mol. The molecule has 4 rings (SSSR count). The van der Waals surface area contributed by atoms with E-state index < -0.39 is 11.7 Å². The van der Waals surface area contributed by atoms with Crippen LogP contribution in [0.15, 0.2) is 65.8 Å². The summed E-state index contributed by atoms with van der Waals surface area (Å²) in [6, 6.07) is 17.4. The summed E-state index contributed by atoms with van der Waals surface area (Å²) in [5.74, 6) is -0.871. The fourth-order valence-electron chi connectivity index (χ4n) is 3.33. The third kappa shape index (κ3) is 5.18. The van der Waals surface area contributed by atoms with Crippen molar-refractivity contribution in [1.82, 2.24) is 25.6 Å². The van der Waals surface area contributed by atoms with Crippen LogP contribution in [0.1, 0.15) is 27.0 Å². The first-order chi connectivity index (χ1) is 16.5. The number of halogens is 1. The minimum absolute atomic E-state index is 0.0216. The molecule has 0 aliphatic carbocycles. The molecule has 2 amide bonds. The first kappa shape index (κ1) is 23.7. The van der Waals surface area contributed by atoms with E-state index >= 15 is 0 Å². The smallest absolute Gasteiger partial charge is 0.272 e. The van der Waals surface area contributed by atoms with Gasteiger partial charge in [0.15, 0.2) is 11.0 Å². The van der Waals surface area contributed by atoms with Crippen LogP contribution in [-0.4, -0.2) is 32.3 Å². The van der Waals surface area contributed by atoms with Gasteiger partial charge in [-0.3, -0.25) is 25.0 Å². The second-order valence-corrected chi connectivity index (χ2v) is 9.40. The van der Waals surface area contributed by atoms with Crippen LogP contribution < -0.4 is 10.9 Å². The number of hydrogen-bond donors (Lipinski definition) is 2. The Bertz CT molecular complexity index is 1320. The highest BCUT2D eigenvalue weighted by molar-refractivity contribution is 7.99. The first-order valence-corrected chi connectivity index (χ1v) is 12.3. The van der Waals surface area contributed by atoms with Crippen LogP contribution in [0.2, 0.25) is 0 Å². The Balaban J connectivity index is 1.47. The van der Waals surface area contributed by atoms with E-state index in [4.69, 9.17) is 0 Å². The number of para-hydroxylation sites is 1. The van der Waals surface area contributed by atoms with Crippen molar-refractivity contribution in [2.45, 2.75) is 25.4 Å². The molecule has 2 N–H and O–H groups in total. The van der Waals surface area contributed by atoms with Crippen LogP contribution in [0.4, 0.5) is 4.39 Å². The maximum atomic E-state index is 14.5. The van der Waals surface area contributed by atoms with Crippen molar-refractivity contribution >= 4 is 34.9 Å². The van der Waals surface area contributed by atoms with Crippen molar-refractivity contribution in [3.8, 4) is 17.1 Å². The average Bonchev–Trinajstić information content (AvgIpc) is 3.45. The minimum Gasteiger partial charge on any atom is -0.272 e. The quantitative estimate of drug-likeness (QED) is 0.290. The molecule has 0 atom stereocenters. The topological polar surface area (TPSA) is 88.9 Å². The monoisotopic (exact) mass is 495 g/mol. The molecule has 7 nitrogen and oxygen atoms in total. The summed E-state index contributed by atoms with van der Waals surface area (Å²) < 4.78 is 16.2. The fraction of sp³-hybridized carbons (Fsp3) is 0.167. The standard InChI is InChI=1S/C24H22FN5O2S2/c1-3-19-15(2)13-20(34-19)23(32)28-26-21(31)14-33-24-29-27-22(17-11-7-8-12-18(17)25)30(24)16-9-5-4-6-10-16/h4-13H,3,14H2,1-2H3,(H,26,31)(H,28,32). The molecule has 2 heterocycles. The fourth-order valence-corrected chi connectivity index (χ4v) is 5.09. The number of nitrogens with zero attached hydrogens (tertiary/aromatic N) is 3. The Kier molecular flexibility index (Phi) is 7.39. The van der Waals surface area contributed by atoms with Gasteiger partial charge in [-0.2, -0.15) is 0 Å². The van der Waals surface area contributed by atoms with E-state index in [2.05, 4.69) is 21.0 Å². The van der Waals surface area contributed by atoms with Crippen LogP contribution in [0, 0.1) is 12.7 Å². The number of hydrazine groups is 1. The lowest BCUT2D eigenvalue weighted by Crippen LogP contribution is -2.42. The molecular weight excluding hydrogens is 473 g/mol. The first-order valence-electron chi connectivity index (χ1n) is 10.5. The van der Waals surface area contributed by atoms with Gasteiger partial charge in [-0.05, 0) is 49.2 Å². The van der Waals surface area contributed by atoms with Crippen molar-refractivity contribution in [1.29, 1.82) is 0 Å². The maximum absolute atomic E-state index is 14.5. The number of amides is 2. The number of nitrogens with one attached hydrogen (secondary N) is 2. The van der Waals surface area contributed by atoms with Gasteiger partial charge in [0.1, 0.15) is 5.82 Å². The second kappa shape index (κ2) is 10.6. The number of benzene rings is 2. The number of hydrogen-bond acceptors (Lipinski definition) is 6. The molecule has 0 radical (unpaired) electrons. The van der Waals surface area contributed by atoms with E-state index in [-0.39, 0.29) is 11.7 Å². The van der Waals surface area contributed by atoms with E-state index in [1.165, 1.54) is 17.4 Å². The highest BCUT2D eigenvalue weighted by atomic mass is 32.2. The maximum Gasteiger partial charge on any atom is 0.279 e. The zero-order chi connectivity index (χ0) is 24.1. The van der Waals surface area contributed by atoms with Crippen LogP contribution in [-0.2, 0) is 11.2 Å². The Morgan fingerprint density at radius 3 is 2.50 bits per heavy atom. The van der Waals surface area contributed by atoms with Gasteiger partial charge in [-0.25, -0.2) is 4.39 Å². The summed E-state index contributed by atoms with van der Waals surface area (Å²) in [5.41, 5.74) is 6.99. The number of thiophene rings is 1. The second-order valence-electron chi connectivity index (χ2n) is 7.32. The average molecular weight is 496 g/mol. The Hall–Kier alpha value is -3.50. The predicted octanol–water partition coefficient (Wildman–Crippen LogP) is 4.56. The highest BCUT2D eigenvalue weighted by Gasteiger charge is 2.19. The summed E-state index contributed by atoms with van der Waals surface area (Å²) in [6.45, 7) is 3.99. The third-order valence-electron chi connectivity index (χ3n) is 4.98. The molecule has 0 aliphatic heterocycles. The van der Waals surface area contributed by atoms with Crippen LogP contribution in [0.3, 0.4) is 0 Å². The molecule has 34 heavy (non-hydrogen) atoms. The molecule has 0 fully saturated rings. The normalized spacial score (nSPS) is 10.8. The van der Waals surface area contributed by atoms with Gasteiger partial charge in [0.05, 0.1) is 16.2 Å². The van der Waals surface area contributed by atoms with E-state index in [1.807, 2.05) is 50.2 Å². The van der Waals surface area contributed by atoms with Crippen LogP contribution in [0.25, 0.3) is 17.1 Å². The Labute approximate surface area is 204 Å². The number of aromatic nitrogens is 3. The molecule has 0 saturated carbocycles. The molecule has 174 valence electrons. The minimum atomic E-state index is -0.417. The van der Waals surface area contributed by atoms with Gasteiger partial charge in [-0.1, -0.05) is 49.0 Å². The largest absolute Gasteiger partial charge is 0.279 e. The molecular formula is C24H22FN5O2S2. The Morgan fingerprint density at radius 1 is 1.06 bits per heavy atom. The third-order valence-corrected chi connectivity index (χ3v) is 7.28. The Morgan fingerprint density at radius 2 is 1.79 bits per heavy atom. The molecule has 0 aliphatic rings. The van der Waals surface area contributed by atoms with E-state index in [0.717, 1.165) is 34.3 Å². The van der Waals surface area contributed by atoms with Gasteiger partial charge in [0.25, 0.3) is 5.91 Å². The van der Waals surface area contributed by atoms with E-state index in [9.17, 15) is 14.0 Å². The van der Waals surface area contributed by atoms with E-state index in [1.54, 1.807) is 22.8 Å². The molecule has 0 saturated heterocycles. The molecule has 0 unspecified atom stereocenters. The number of rotatable bonds is 7. The van der Waals surface area contributed by atoms with Gasteiger partial charge >= 0.3 is 0 Å². The van der Waals surface area contributed by atoms with Crippen molar-refractivity contribution in [3.05, 3.63) is 81.8 Å². The van der Waals surface area contributed by atoms with Crippen molar-refractivity contribution in [2.24, 2.45) is 0 Å². The van der Waals surface area contributed by atoms with Gasteiger partial charge in [-0.15, -0.1) is 21.5 Å². The number of aryl methyl sites for hydroxylation is 2. The SMILES string of the molecule is CCc1sc(C(=O)NNC(=O)CSc2nnc(-c3ccccc3F)n2-c2ccccc2)cc1C. The summed E-state index contributed by atoms with van der Waals surface area (Å²) in [4.78, 5) is 26.4. The molecule has 4 aromatic rings. The van der Waals surface area contributed by atoms with Crippen molar-refractivity contribution in [2.75, 3.05) is 5.75 Å². The van der Waals surface area contributed by atoms with Gasteiger partial charge < -0.3 is 0 Å². The molecule has 2 aromatic heterocycles. The number of thioether (sulfide) groups is 1. The molecule has 0 bridgehead atoms. The molecule has 10 heteroatoms. The van der Waals surface area contributed by atoms with Gasteiger partial charge in [0.2, 0.25) is 5.91 Å².